The number of carbonyl (C=O) groups is 1. The van der Waals surface area contributed by atoms with E-state index in [0.717, 1.165) is 17.9 Å². The lowest BCUT2D eigenvalue weighted by Gasteiger charge is -2.10. The van der Waals surface area contributed by atoms with Gasteiger partial charge in [-0.25, -0.2) is 0 Å². The van der Waals surface area contributed by atoms with Crippen molar-refractivity contribution in [2.24, 2.45) is 0 Å². The Bertz CT molecular complexity index is 389. The van der Waals surface area contributed by atoms with Gasteiger partial charge in [-0.2, -0.15) is 0 Å². The molecule has 1 N–H and O–H groups in total. The number of nitrogens with one attached hydrogen (secondary N) is 1. The fraction of sp³-hybridized carbons (Fsp3) is 0.417. The van der Waals surface area contributed by atoms with E-state index in [4.69, 9.17) is 11.6 Å². The van der Waals surface area contributed by atoms with Crippen molar-refractivity contribution in [2.75, 3.05) is 7.05 Å². The van der Waals surface area contributed by atoms with Gasteiger partial charge in [0.25, 0.3) is 0 Å². The predicted molar refractivity (Wildman–Crippen MR) is 61.2 cm³/mol. The van der Waals surface area contributed by atoms with E-state index in [1.807, 2.05) is 12.1 Å². The normalized spacial score (nSPS) is 18.7. The average Bonchev–Trinajstić information content (AvgIpc) is 2.61. The van der Waals surface area contributed by atoms with Gasteiger partial charge in [0.2, 0.25) is 5.91 Å². The Labute approximate surface area is 94.6 Å². The summed E-state index contributed by atoms with van der Waals surface area (Å²) in [6.07, 6.45) is 2.70. The summed E-state index contributed by atoms with van der Waals surface area (Å²) in [6.45, 7) is 0. The molecule has 1 aliphatic rings. The molecule has 0 saturated heterocycles. The highest BCUT2D eigenvalue weighted by Crippen LogP contribution is 2.36. The molecule has 1 atom stereocenters. The first kappa shape index (κ1) is 10.5. The third-order valence-corrected chi connectivity index (χ3v) is 3.26. The Morgan fingerprint density at radius 2 is 2.40 bits per heavy atom. The first-order chi connectivity index (χ1) is 7.20. The highest BCUT2D eigenvalue weighted by Gasteiger charge is 2.24. The van der Waals surface area contributed by atoms with Crippen LogP contribution in [0.5, 0.6) is 0 Å². The first-order valence-electron chi connectivity index (χ1n) is 5.19. The highest BCUT2D eigenvalue weighted by molar-refractivity contribution is 6.30. The van der Waals surface area contributed by atoms with Gasteiger partial charge in [-0.05, 0) is 42.0 Å². The quantitative estimate of drug-likeness (QED) is 0.820. The average molecular weight is 224 g/mol. The lowest BCUT2D eigenvalue weighted by molar-refractivity contribution is -0.120. The third-order valence-electron chi connectivity index (χ3n) is 3.02. The van der Waals surface area contributed by atoms with Crippen LogP contribution >= 0.6 is 11.6 Å². The molecule has 1 aliphatic carbocycles. The van der Waals surface area contributed by atoms with E-state index in [1.54, 1.807) is 7.05 Å². The van der Waals surface area contributed by atoms with E-state index in [2.05, 4.69) is 11.4 Å². The number of halogens is 1. The Balaban J connectivity index is 2.20. The van der Waals surface area contributed by atoms with E-state index >= 15 is 0 Å². The van der Waals surface area contributed by atoms with Crippen LogP contribution in [0, 0.1) is 0 Å². The monoisotopic (exact) mass is 223 g/mol. The molecular formula is C12H14ClNO. The Hall–Kier alpha value is -1.02. The van der Waals surface area contributed by atoms with Crippen molar-refractivity contribution in [3.63, 3.8) is 0 Å². The van der Waals surface area contributed by atoms with Crippen LogP contribution in [-0.4, -0.2) is 13.0 Å². The van der Waals surface area contributed by atoms with Crippen LogP contribution in [0.15, 0.2) is 18.2 Å². The predicted octanol–water partition coefficient (Wildman–Crippen LogP) is 2.51. The summed E-state index contributed by atoms with van der Waals surface area (Å²) in [7, 11) is 1.68. The molecule has 3 heteroatoms. The van der Waals surface area contributed by atoms with Crippen molar-refractivity contribution in [2.45, 2.75) is 25.2 Å². The molecule has 2 rings (SSSR count). The van der Waals surface area contributed by atoms with Crippen LogP contribution < -0.4 is 5.32 Å². The molecule has 0 aliphatic heterocycles. The second kappa shape index (κ2) is 4.23. The first-order valence-corrected chi connectivity index (χ1v) is 5.57. The fourth-order valence-corrected chi connectivity index (χ4v) is 2.38. The van der Waals surface area contributed by atoms with E-state index in [-0.39, 0.29) is 5.91 Å². The molecule has 1 aromatic carbocycles. The van der Waals surface area contributed by atoms with E-state index in [0.29, 0.717) is 12.3 Å². The summed E-state index contributed by atoms with van der Waals surface area (Å²) in [5.74, 6) is 0.450. The smallest absolute Gasteiger partial charge is 0.220 e. The van der Waals surface area contributed by atoms with Gasteiger partial charge in [-0.15, -0.1) is 0 Å². The Kier molecular flexibility index (Phi) is 2.96. The van der Waals surface area contributed by atoms with Gasteiger partial charge in [-0.3, -0.25) is 4.79 Å². The minimum absolute atomic E-state index is 0.104. The molecule has 2 nitrogen and oxygen atoms in total. The molecule has 1 unspecified atom stereocenters. The second-order valence-electron chi connectivity index (χ2n) is 3.96. The van der Waals surface area contributed by atoms with Crippen molar-refractivity contribution in [3.05, 3.63) is 34.3 Å². The van der Waals surface area contributed by atoms with Crippen molar-refractivity contribution in [1.82, 2.24) is 5.32 Å². The summed E-state index contributed by atoms with van der Waals surface area (Å²) in [4.78, 5) is 11.3. The van der Waals surface area contributed by atoms with Crippen LogP contribution in [0.4, 0.5) is 0 Å². The number of hydrogen-bond donors (Lipinski definition) is 1. The standard InChI is InChI=1S/C12H14ClNO/c1-14-12(15)6-9-3-2-8-4-5-10(13)7-11(8)9/h4-5,7,9H,2-3,6H2,1H3,(H,14,15). The van der Waals surface area contributed by atoms with Crippen LogP contribution in [0.25, 0.3) is 0 Å². The molecular weight excluding hydrogens is 210 g/mol. The SMILES string of the molecule is CNC(=O)CC1CCc2ccc(Cl)cc21. The maximum atomic E-state index is 11.3. The number of fused-ring (bicyclic) bond motifs is 1. The van der Waals surface area contributed by atoms with Crippen LogP contribution in [0.2, 0.25) is 5.02 Å². The number of amides is 1. The maximum Gasteiger partial charge on any atom is 0.220 e. The zero-order chi connectivity index (χ0) is 10.8. The third kappa shape index (κ3) is 2.15. The van der Waals surface area contributed by atoms with Crippen molar-refractivity contribution in [1.29, 1.82) is 0 Å². The van der Waals surface area contributed by atoms with Crippen LogP contribution in [0.1, 0.15) is 29.9 Å². The second-order valence-corrected chi connectivity index (χ2v) is 4.39. The minimum atomic E-state index is 0.104. The molecule has 0 spiro atoms. The molecule has 0 saturated carbocycles. The highest BCUT2D eigenvalue weighted by atomic mass is 35.5. The number of benzene rings is 1. The zero-order valence-electron chi connectivity index (χ0n) is 8.72. The van der Waals surface area contributed by atoms with Gasteiger partial charge in [0.05, 0.1) is 0 Å². The number of carbonyl (C=O) groups excluding carboxylic acids is 1. The summed E-state index contributed by atoms with van der Waals surface area (Å²) in [5, 5.41) is 3.43. The zero-order valence-corrected chi connectivity index (χ0v) is 9.47. The van der Waals surface area contributed by atoms with E-state index < -0.39 is 0 Å². The van der Waals surface area contributed by atoms with E-state index in [1.165, 1.54) is 11.1 Å². The Morgan fingerprint density at radius 3 is 3.13 bits per heavy atom. The summed E-state index contributed by atoms with van der Waals surface area (Å²) in [5.41, 5.74) is 2.60. The number of rotatable bonds is 2. The molecule has 0 heterocycles. The van der Waals surface area contributed by atoms with Gasteiger partial charge < -0.3 is 5.32 Å². The van der Waals surface area contributed by atoms with Crippen LogP contribution in [-0.2, 0) is 11.2 Å². The van der Waals surface area contributed by atoms with Gasteiger partial charge in [0.15, 0.2) is 0 Å². The van der Waals surface area contributed by atoms with Crippen molar-refractivity contribution >= 4 is 17.5 Å². The topological polar surface area (TPSA) is 29.1 Å². The largest absolute Gasteiger partial charge is 0.359 e. The van der Waals surface area contributed by atoms with Crippen LogP contribution in [0.3, 0.4) is 0 Å². The summed E-state index contributed by atoms with van der Waals surface area (Å²) >= 11 is 5.96. The van der Waals surface area contributed by atoms with Crippen molar-refractivity contribution < 1.29 is 4.79 Å². The minimum Gasteiger partial charge on any atom is -0.359 e. The molecule has 80 valence electrons. The number of hydrogen-bond acceptors (Lipinski definition) is 1. The van der Waals surface area contributed by atoms with E-state index in [9.17, 15) is 4.79 Å². The molecule has 1 amide bonds. The van der Waals surface area contributed by atoms with Gasteiger partial charge in [0.1, 0.15) is 0 Å². The van der Waals surface area contributed by atoms with Crippen molar-refractivity contribution in [3.8, 4) is 0 Å². The summed E-state index contributed by atoms with van der Waals surface area (Å²) < 4.78 is 0. The lowest BCUT2D eigenvalue weighted by atomic mass is 9.97. The van der Waals surface area contributed by atoms with Gasteiger partial charge in [-0.1, -0.05) is 17.7 Å². The van der Waals surface area contributed by atoms with Gasteiger partial charge >= 0.3 is 0 Å². The maximum absolute atomic E-state index is 11.3. The Morgan fingerprint density at radius 1 is 1.60 bits per heavy atom. The van der Waals surface area contributed by atoms with Gasteiger partial charge in [0, 0.05) is 18.5 Å². The fourth-order valence-electron chi connectivity index (χ4n) is 2.20. The molecule has 1 aromatic rings. The lowest BCUT2D eigenvalue weighted by Crippen LogP contribution is -2.19. The molecule has 0 fully saturated rings. The summed E-state index contributed by atoms with van der Waals surface area (Å²) in [6, 6.07) is 5.99. The molecule has 0 aromatic heterocycles. The molecule has 15 heavy (non-hydrogen) atoms. The number of aryl methyl sites for hydroxylation is 1. The molecule has 0 radical (unpaired) electrons. The molecule has 0 bridgehead atoms.